The number of rotatable bonds is 6. The molecule has 3 nitrogen and oxygen atoms in total. The van der Waals surface area contributed by atoms with Crippen molar-refractivity contribution in [1.82, 2.24) is 4.90 Å². The third-order valence-corrected chi connectivity index (χ3v) is 3.80. The fourth-order valence-corrected chi connectivity index (χ4v) is 2.31. The van der Waals surface area contributed by atoms with Crippen molar-refractivity contribution in [2.24, 2.45) is 0 Å². The molecule has 0 aliphatic carbocycles. The molecule has 0 saturated carbocycles. The molecule has 0 aliphatic heterocycles. The standard InChI is InChI=1S/C18H20ClNO2/c1-20(13-15-5-10-17(22-2)11-6-15)18(21)12-7-14-3-8-16(19)9-4-14/h3-6,8-11H,7,12-13H2,1-2H3. The highest BCUT2D eigenvalue weighted by atomic mass is 35.5. The number of hydrogen-bond acceptors (Lipinski definition) is 2. The van der Waals surface area contributed by atoms with Gasteiger partial charge < -0.3 is 9.64 Å². The van der Waals surface area contributed by atoms with E-state index in [2.05, 4.69) is 0 Å². The molecule has 0 unspecified atom stereocenters. The van der Waals surface area contributed by atoms with Crippen LogP contribution in [-0.2, 0) is 17.8 Å². The summed E-state index contributed by atoms with van der Waals surface area (Å²) in [6, 6.07) is 15.4. The Morgan fingerprint density at radius 2 is 1.64 bits per heavy atom. The van der Waals surface area contributed by atoms with Gasteiger partial charge in [-0.2, -0.15) is 0 Å². The molecule has 0 spiro atoms. The topological polar surface area (TPSA) is 29.5 Å². The second-order valence-electron chi connectivity index (χ2n) is 5.22. The first-order valence-corrected chi connectivity index (χ1v) is 7.57. The SMILES string of the molecule is COc1ccc(CN(C)C(=O)CCc2ccc(Cl)cc2)cc1. The Hall–Kier alpha value is -2.00. The Bertz CT molecular complexity index is 608. The number of nitrogens with zero attached hydrogens (tertiary/aromatic N) is 1. The first-order chi connectivity index (χ1) is 10.6. The molecular weight excluding hydrogens is 298 g/mol. The molecule has 2 aromatic rings. The summed E-state index contributed by atoms with van der Waals surface area (Å²) >= 11 is 5.85. The third-order valence-electron chi connectivity index (χ3n) is 3.55. The van der Waals surface area contributed by atoms with E-state index in [1.165, 1.54) is 0 Å². The van der Waals surface area contributed by atoms with Gasteiger partial charge in [-0.3, -0.25) is 4.79 Å². The molecule has 0 N–H and O–H groups in total. The van der Waals surface area contributed by atoms with Crippen LogP contribution in [0.3, 0.4) is 0 Å². The summed E-state index contributed by atoms with van der Waals surface area (Å²) < 4.78 is 5.13. The first-order valence-electron chi connectivity index (χ1n) is 7.20. The van der Waals surface area contributed by atoms with E-state index < -0.39 is 0 Å². The molecule has 22 heavy (non-hydrogen) atoms. The van der Waals surface area contributed by atoms with Crippen molar-refractivity contribution < 1.29 is 9.53 Å². The number of carbonyl (C=O) groups excluding carboxylic acids is 1. The quantitative estimate of drug-likeness (QED) is 0.807. The summed E-state index contributed by atoms with van der Waals surface area (Å²) in [7, 11) is 3.47. The summed E-state index contributed by atoms with van der Waals surface area (Å²) in [5.41, 5.74) is 2.21. The second-order valence-corrected chi connectivity index (χ2v) is 5.66. The zero-order valence-corrected chi connectivity index (χ0v) is 13.6. The summed E-state index contributed by atoms with van der Waals surface area (Å²) in [5, 5.41) is 0.715. The summed E-state index contributed by atoms with van der Waals surface area (Å²) in [4.78, 5) is 13.9. The molecule has 2 aromatic carbocycles. The van der Waals surface area contributed by atoms with Gasteiger partial charge in [0, 0.05) is 25.0 Å². The molecule has 1 amide bonds. The van der Waals surface area contributed by atoms with Crippen LogP contribution < -0.4 is 4.74 Å². The normalized spacial score (nSPS) is 10.3. The maximum Gasteiger partial charge on any atom is 0.222 e. The van der Waals surface area contributed by atoms with Crippen LogP contribution in [0.1, 0.15) is 17.5 Å². The highest BCUT2D eigenvalue weighted by Crippen LogP contribution is 2.14. The van der Waals surface area contributed by atoms with Crippen molar-refractivity contribution in [3.8, 4) is 5.75 Å². The Labute approximate surface area is 136 Å². The Kier molecular flexibility index (Phi) is 5.84. The maximum atomic E-state index is 12.2. The van der Waals surface area contributed by atoms with Crippen molar-refractivity contribution >= 4 is 17.5 Å². The van der Waals surface area contributed by atoms with Crippen LogP contribution in [-0.4, -0.2) is 25.0 Å². The van der Waals surface area contributed by atoms with E-state index in [1.807, 2.05) is 55.6 Å². The lowest BCUT2D eigenvalue weighted by molar-refractivity contribution is -0.130. The second kappa shape index (κ2) is 7.85. The average Bonchev–Trinajstić information content (AvgIpc) is 2.54. The van der Waals surface area contributed by atoms with Crippen LogP contribution in [0.25, 0.3) is 0 Å². The molecule has 0 saturated heterocycles. The molecule has 0 radical (unpaired) electrons. The number of amides is 1. The van der Waals surface area contributed by atoms with Crippen LogP contribution in [0.2, 0.25) is 5.02 Å². The number of aryl methyl sites for hydroxylation is 1. The van der Waals surface area contributed by atoms with Gasteiger partial charge in [0.05, 0.1) is 7.11 Å². The zero-order valence-electron chi connectivity index (χ0n) is 12.9. The minimum absolute atomic E-state index is 0.130. The maximum absolute atomic E-state index is 12.2. The molecular formula is C18H20ClNO2. The third kappa shape index (κ3) is 4.78. The molecule has 0 bridgehead atoms. The number of halogens is 1. The Morgan fingerprint density at radius 1 is 1.05 bits per heavy atom. The molecule has 0 aromatic heterocycles. The Morgan fingerprint density at radius 3 is 2.23 bits per heavy atom. The van der Waals surface area contributed by atoms with Crippen LogP contribution in [0, 0.1) is 0 Å². The number of hydrogen-bond donors (Lipinski definition) is 0. The van der Waals surface area contributed by atoms with Gasteiger partial charge in [0.15, 0.2) is 0 Å². The lowest BCUT2D eigenvalue weighted by Gasteiger charge is -2.17. The van der Waals surface area contributed by atoms with E-state index in [1.54, 1.807) is 12.0 Å². The van der Waals surface area contributed by atoms with Crippen molar-refractivity contribution in [2.75, 3.05) is 14.2 Å². The van der Waals surface area contributed by atoms with Gasteiger partial charge in [0.2, 0.25) is 5.91 Å². The van der Waals surface area contributed by atoms with Crippen molar-refractivity contribution in [3.63, 3.8) is 0 Å². The van der Waals surface area contributed by atoms with E-state index in [-0.39, 0.29) is 5.91 Å². The predicted octanol–water partition coefficient (Wildman–Crippen LogP) is 3.94. The van der Waals surface area contributed by atoms with Gasteiger partial charge in [-0.1, -0.05) is 35.9 Å². The van der Waals surface area contributed by atoms with E-state index in [0.29, 0.717) is 18.0 Å². The summed E-state index contributed by atoms with van der Waals surface area (Å²) in [6.07, 6.45) is 1.22. The zero-order chi connectivity index (χ0) is 15.9. The number of methoxy groups -OCH3 is 1. The molecule has 0 aliphatic rings. The fraction of sp³-hybridized carbons (Fsp3) is 0.278. The average molecular weight is 318 g/mol. The predicted molar refractivity (Wildman–Crippen MR) is 89.2 cm³/mol. The van der Waals surface area contributed by atoms with Gasteiger partial charge in [0.1, 0.15) is 5.75 Å². The molecule has 2 rings (SSSR count). The van der Waals surface area contributed by atoms with Crippen LogP contribution in [0.4, 0.5) is 0 Å². The highest BCUT2D eigenvalue weighted by Gasteiger charge is 2.09. The van der Waals surface area contributed by atoms with E-state index in [0.717, 1.165) is 23.3 Å². The summed E-state index contributed by atoms with van der Waals surface area (Å²) in [6.45, 7) is 0.601. The van der Waals surface area contributed by atoms with Crippen LogP contribution in [0.5, 0.6) is 5.75 Å². The number of carbonyl (C=O) groups is 1. The van der Waals surface area contributed by atoms with Gasteiger partial charge in [-0.25, -0.2) is 0 Å². The van der Waals surface area contributed by atoms with Crippen molar-refractivity contribution in [3.05, 3.63) is 64.7 Å². The van der Waals surface area contributed by atoms with E-state index >= 15 is 0 Å². The largest absolute Gasteiger partial charge is 0.497 e. The lowest BCUT2D eigenvalue weighted by atomic mass is 10.1. The molecule has 116 valence electrons. The Balaban J connectivity index is 1.84. The molecule has 4 heteroatoms. The van der Waals surface area contributed by atoms with Gasteiger partial charge >= 0.3 is 0 Å². The van der Waals surface area contributed by atoms with E-state index in [9.17, 15) is 4.79 Å². The van der Waals surface area contributed by atoms with Gasteiger partial charge in [0.25, 0.3) is 0 Å². The number of ether oxygens (including phenoxy) is 1. The molecule has 0 heterocycles. The monoisotopic (exact) mass is 317 g/mol. The minimum atomic E-state index is 0.130. The fourth-order valence-electron chi connectivity index (χ4n) is 2.19. The number of benzene rings is 2. The molecule has 0 fully saturated rings. The van der Waals surface area contributed by atoms with E-state index in [4.69, 9.17) is 16.3 Å². The van der Waals surface area contributed by atoms with Crippen molar-refractivity contribution in [1.29, 1.82) is 0 Å². The van der Waals surface area contributed by atoms with Crippen molar-refractivity contribution in [2.45, 2.75) is 19.4 Å². The summed E-state index contributed by atoms with van der Waals surface area (Å²) in [5.74, 6) is 0.950. The van der Waals surface area contributed by atoms with Crippen LogP contribution in [0.15, 0.2) is 48.5 Å². The van der Waals surface area contributed by atoms with Gasteiger partial charge in [-0.15, -0.1) is 0 Å². The van der Waals surface area contributed by atoms with Crippen LogP contribution >= 0.6 is 11.6 Å². The smallest absolute Gasteiger partial charge is 0.222 e. The lowest BCUT2D eigenvalue weighted by Crippen LogP contribution is -2.26. The minimum Gasteiger partial charge on any atom is -0.497 e. The first kappa shape index (κ1) is 16.4. The highest BCUT2D eigenvalue weighted by molar-refractivity contribution is 6.30. The molecule has 0 atom stereocenters. The van der Waals surface area contributed by atoms with Gasteiger partial charge in [-0.05, 0) is 41.8 Å².